The molecule has 3 rings (SSSR count). The largest absolute Gasteiger partial charge is 0.339 e. The van der Waals surface area contributed by atoms with Gasteiger partial charge in [-0.1, -0.05) is 30.0 Å². The van der Waals surface area contributed by atoms with E-state index in [0.29, 0.717) is 24.3 Å². The molecule has 0 bridgehead atoms. The SMILES string of the molecule is CCN(CC)C(=O)c1cccc(NC(=O)CSc2nccn2-c2cc(C)ccc2C)c1. The van der Waals surface area contributed by atoms with Gasteiger partial charge < -0.3 is 10.2 Å². The monoisotopic (exact) mass is 436 g/mol. The first kappa shape index (κ1) is 22.6. The van der Waals surface area contributed by atoms with Crippen molar-refractivity contribution in [3.63, 3.8) is 0 Å². The number of hydrogen-bond donors (Lipinski definition) is 1. The van der Waals surface area contributed by atoms with Gasteiger partial charge in [-0.25, -0.2) is 4.98 Å². The normalized spacial score (nSPS) is 10.7. The molecule has 0 saturated carbocycles. The van der Waals surface area contributed by atoms with Crippen LogP contribution >= 0.6 is 11.8 Å². The maximum Gasteiger partial charge on any atom is 0.253 e. The van der Waals surface area contributed by atoms with Crippen molar-refractivity contribution in [2.24, 2.45) is 0 Å². The highest BCUT2D eigenvalue weighted by atomic mass is 32.2. The van der Waals surface area contributed by atoms with Gasteiger partial charge in [-0.2, -0.15) is 0 Å². The number of rotatable bonds is 8. The number of imidazole rings is 1. The molecule has 0 spiro atoms. The Bertz CT molecular complexity index is 1070. The first-order chi connectivity index (χ1) is 14.9. The average molecular weight is 437 g/mol. The van der Waals surface area contributed by atoms with E-state index < -0.39 is 0 Å². The Morgan fingerprint density at radius 2 is 1.87 bits per heavy atom. The van der Waals surface area contributed by atoms with Crippen molar-refractivity contribution in [3.8, 4) is 5.69 Å². The molecule has 31 heavy (non-hydrogen) atoms. The van der Waals surface area contributed by atoms with E-state index in [0.717, 1.165) is 16.4 Å². The van der Waals surface area contributed by atoms with Crippen molar-refractivity contribution in [3.05, 3.63) is 71.5 Å². The minimum atomic E-state index is -0.145. The van der Waals surface area contributed by atoms with E-state index in [1.165, 1.54) is 17.3 Å². The smallest absolute Gasteiger partial charge is 0.253 e. The van der Waals surface area contributed by atoms with E-state index in [2.05, 4.69) is 42.3 Å². The van der Waals surface area contributed by atoms with Gasteiger partial charge in [0.1, 0.15) is 0 Å². The standard InChI is InChI=1S/C24H28N4O2S/c1-5-27(6-2)23(30)19-8-7-9-20(15-19)26-22(29)16-31-24-25-12-13-28(24)21-14-17(3)10-11-18(21)4/h7-15H,5-6,16H2,1-4H3,(H,26,29). The second-order valence-electron chi connectivity index (χ2n) is 7.26. The summed E-state index contributed by atoms with van der Waals surface area (Å²) < 4.78 is 2.00. The first-order valence-corrected chi connectivity index (χ1v) is 11.3. The Labute approximate surface area is 187 Å². The number of thioether (sulfide) groups is 1. The molecule has 1 heterocycles. The van der Waals surface area contributed by atoms with Gasteiger partial charge in [0.15, 0.2) is 5.16 Å². The molecule has 0 unspecified atom stereocenters. The Balaban J connectivity index is 1.66. The van der Waals surface area contributed by atoms with Crippen LogP contribution in [0.5, 0.6) is 0 Å². The van der Waals surface area contributed by atoms with Crippen LogP contribution in [0.15, 0.2) is 60.0 Å². The zero-order valence-corrected chi connectivity index (χ0v) is 19.2. The van der Waals surface area contributed by atoms with Gasteiger partial charge in [0.25, 0.3) is 5.91 Å². The summed E-state index contributed by atoms with van der Waals surface area (Å²) in [7, 11) is 0. The fraction of sp³-hybridized carbons (Fsp3) is 0.292. The molecule has 0 atom stereocenters. The molecule has 7 heteroatoms. The van der Waals surface area contributed by atoms with Crippen LogP contribution in [0.4, 0.5) is 5.69 Å². The fourth-order valence-electron chi connectivity index (χ4n) is 3.31. The number of nitrogens with zero attached hydrogens (tertiary/aromatic N) is 3. The Morgan fingerprint density at radius 1 is 1.10 bits per heavy atom. The lowest BCUT2D eigenvalue weighted by Crippen LogP contribution is -2.30. The predicted octanol–water partition coefficient (Wildman–Crippen LogP) is 4.70. The number of aryl methyl sites for hydroxylation is 2. The van der Waals surface area contributed by atoms with Crippen molar-refractivity contribution in [2.45, 2.75) is 32.9 Å². The lowest BCUT2D eigenvalue weighted by molar-refractivity contribution is -0.113. The summed E-state index contributed by atoms with van der Waals surface area (Å²) in [5.74, 6) is 0.0368. The average Bonchev–Trinajstić information content (AvgIpc) is 3.23. The van der Waals surface area contributed by atoms with Crippen LogP contribution in [-0.4, -0.2) is 45.1 Å². The van der Waals surface area contributed by atoms with E-state index in [9.17, 15) is 9.59 Å². The molecular formula is C24H28N4O2S. The van der Waals surface area contributed by atoms with Crippen LogP contribution < -0.4 is 5.32 Å². The highest BCUT2D eigenvalue weighted by Gasteiger charge is 2.14. The van der Waals surface area contributed by atoms with Gasteiger partial charge in [-0.05, 0) is 63.1 Å². The molecule has 0 aliphatic heterocycles. The zero-order valence-electron chi connectivity index (χ0n) is 18.4. The second kappa shape index (κ2) is 10.3. The van der Waals surface area contributed by atoms with Crippen LogP contribution in [0.3, 0.4) is 0 Å². The number of carbonyl (C=O) groups is 2. The molecule has 2 aromatic carbocycles. The Morgan fingerprint density at radius 3 is 2.61 bits per heavy atom. The maximum absolute atomic E-state index is 12.5. The summed E-state index contributed by atoms with van der Waals surface area (Å²) in [6.07, 6.45) is 3.65. The maximum atomic E-state index is 12.5. The number of benzene rings is 2. The van der Waals surface area contributed by atoms with Crippen molar-refractivity contribution in [1.82, 2.24) is 14.5 Å². The third-order valence-corrected chi connectivity index (χ3v) is 5.97. The van der Waals surface area contributed by atoms with Gasteiger partial charge >= 0.3 is 0 Å². The topological polar surface area (TPSA) is 67.2 Å². The molecule has 1 N–H and O–H groups in total. The van der Waals surface area contributed by atoms with Crippen LogP contribution in [0.2, 0.25) is 0 Å². The predicted molar refractivity (Wildman–Crippen MR) is 126 cm³/mol. The van der Waals surface area contributed by atoms with Crippen LogP contribution in [0, 0.1) is 13.8 Å². The Hall–Kier alpha value is -3.06. The van der Waals surface area contributed by atoms with Gasteiger partial charge in [-0.15, -0.1) is 0 Å². The fourth-order valence-corrected chi connectivity index (χ4v) is 4.08. The number of aromatic nitrogens is 2. The number of carbonyl (C=O) groups excluding carboxylic acids is 2. The van der Waals surface area contributed by atoms with Gasteiger partial charge in [0.2, 0.25) is 5.91 Å². The Kier molecular flexibility index (Phi) is 7.52. The lowest BCUT2D eigenvalue weighted by Gasteiger charge is -2.19. The van der Waals surface area contributed by atoms with Crippen molar-refractivity contribution < 1.29 is 9.59 Å². The molecule has 6 nitrogen and oxygen atoms in total. The zero-order chi connectivity index (χ0) is 22.4. The van der Waals surface area contributed by atoms with Gasteiger partial charge in [0.05, 0.1) is 11.4 Å². The summed E-state index contributed by atoms with van der Waals surface area (Å²) in [6, 6.07) is 13.3. The summed E-state index contributed by atoms with van der Waals surface area (Å²) in [6.45, 7) is 9.31. The second-order valence-corrected chi connectivity index (χ2v) is 8.21. The highest BCUT2D eigenvalue weighted by Crippen LogP contribution is 2.24. The van der Waals surface area contributed by atoms with Gasteiger partial charge in [0, 0.05) is 36.7 Å². The molecule has 0 radical (unpaired) electrons. The molecule has 2 amide bonds. The van der Waals surface area contributed by atoms with Crippen molar-refractivity contribution >= 4 is 29.3 Å². The number of amides is 2. The van der Waals surface area contributed by atoms with E-state index >= 15 is 0 Å². The minimum absolute atomic E-state index is 0.0361. The van der Waals surface area contributed by atoms with Crippen molar-refractivity contribution in [2.75, 3.05) is 24.2 Å². The number of nitrogens with one attached hydrogen (secondary N) is 1. The highest BCUT2D eigenvalue weighted by molar-refractivity contribution is 7.99. The summed E-state index contributed by atoms with van der Waals surface area (Å²) >= 11 is 1.38. The molecule has 162 valence electrons. The summed E-state index contributed by atoms with van der Waals surface area (Å²) in [5.41, 5.74) is 4.55. The van der Waals surface area contributed by atoms with E-state index in [1.807, 2.05) is 24.6 Å². The third kappa shape index (κ3) is 5.55. The van der Waals surface area contributed by atoms with Crippen LogP contribution in [-0.2, 0) is 4.79 Å². The molecule has 3 aromatic rings. The number of hydrogen-bond acceptors (Lipinski definition) is 4. The summed E-state index contributed by atoms with van der Waals surface area (Å²) in [4.78, 5) is 31.3. The molecule has 0 saturated heterocycles. The quantitative estimate of drug-likeness (QED) is 0.520. The van der Waals surface area contributed by atoms with Gasteiger partial charge in [-0.3, -0.25) is 14.2 Å². The van der Waals surface area contributed by atoms with E-state index in [4.69, 9.17) is 0 Å². The van der Waals surface area contributed by atoms with Crippen LogP contribution in [0.1, 0.15) is 35.3 Å². The van der Waals surface area contributed by atoms with E-state index in [-0.39, 0.29) is 17.6 Å². The first-order valence-electron chi connectivity index (χ1n) is 10.4. The third-order valence-electron chi connectivity index (χ3n) is 5.01. The van der Waals surface area contributed by atoms with E-state index in [1.54, 1.807) is 35.4 Å². The van der Waals surface area contributed by atoms with Crippen molar-refractivity contribution in [1.29, 1.82) is 0 Å². The molecular weight excluding hydrogens is 408 g/mol. The molecule has 0 fully saturated rings. The lowest BCUT2D eigenvalue weighted by atomic mass is 10.1. The molecule has 0 aliphatic rings. The molecule has 1 aromatic heterocycles. The summed E-state index contributed by atoms with van der Waals surface area (Å²) in [5, 5.41) is 3.65. The minimum Gasteiger partial charge on any atom is -0.339 e. The number of anilines is 1. The van der Waals surface area contributed by atoms with Crippen LogP contribution in [0.25, 0.3) is 5.69 Å². The molecule has 0 aliphatic carbocycles.